The van der Waals surface area contributed by atoms with Gasteiger partial charge in [0.2, 0.25) is 0 Å². The molecule has 0 unspecified atom stereocenters. The maximum absolute atomic E-state index is 11.6. The number of para-hydroxylation sites is 2. The Hall–Kier alpha value is -1.71. The van der Waals surface area contributed by atoms with Crippen LogP contribution in [0.25, 0.3) is 0 Å². The van der Waals surface area contributed by atoms with Crippen molar-refractivity contribution in [2.75, 3.05) is 24.3 Å². The topological polar surface area (TPSA) is 55.6 Å². The molecule has 0 bridgehead atoms. The molecule has 1 rings (SSSR count). The second-order valence-electron chi connectivity index (χ2n) is 4.09. The summed E-state index contributed by atoms with van der Waals surface area (Å²) in [6, 6.07) is 7.19. The Morgan fingerprint density at radius 1 is 1.44 bits per heavy atom. The molecule has 4 heteroatoms. The second-order valence-corrected chi connectivity index (χ2v) is 4.09. The molecule has 0 aliphatic rings. The van der Waals surface area contributed by atoms with E-state index in [1.54, 1.807) is 19.2 Å². The van der Waals surface area contributed by atoms with Crippen LogP contribution in [-0.2, 0) is 4.74 Å². The van der Waals surface area contributed by atoms with Crippen LogP contribution in [0, 0.1) is 5.92 Å². The molecule has 0 spiro atoms. The fourth-order valence-corrected chi connectivity index (χ4v) is 1.23. The summed E-state index contributed by atoms with van der Waals surface area (Å²) in [6.07, 6.45) is -0.383. The minimum Gasteiger partial charge on any atom is -0.449 e. The van der Waals surface area contributed by atoms with E-state index >= 15 is 0 Å². The van der Waals surface area contributed by atoms with Crippen LogP contribution < -0.4 is 10.6 Å². The van der Waals surface area contributed by atoms with Gasteiger partial charge in [-0.3, -0.25) is 4.90 Å². The molecular weight excluding hydrogens is 204 g/mol. The van der Waals surface area contributed by atoms with Crippen LogP contribution in [0.15, 0.2) is 24.3 Å². The molecule has 0 aliphatic heterocycles. The average Bonchev–Trinajstić information content (AvgIpc) is 2.25. The Bertz CT molecular complexity index is 364. The molecule has 0 saturated heterocycles. The van der Waals surface area contributed by atoms with Gasteiger partial charge in [0.1, 0.15) is 0 Å². The van der Waals surface area contributed by atoms with Crippen molar-refractivity contribution in [1.82, 2.24) is 0 Å². The molecule has 0 radical (unpaired) electrons. The normalized spacial score (nSPS) is 10.2. The van der Waals surface area contributed by atoms with Gasteiger partial charge in [-0.2, -0.15) is 0 Å². The smallest absolute Gasteiger partial charge is 0.414 e. The summed E-state index contributed by atoms with van der Waals surface area (Å²) >= 11 is 0. The first-order valence-electron chi connectivity index (χ1n) is 5.27. The number of carbonyl (C=O) groups excluding carboxylic acids is 1. The average molecular weight is 222 g/mol. The quantitative estimate of drug-likeness (QED) is 0.799. The number of anilines is 2. The highest BCUT2D eigenvalue weighted by Gasteiger charge is 2.14. The monoisotopic (exact) mass is 222 g/mol. The van der Waals surface area contributed by atoms with E-state index in [1.165, 1.54) is 4.90 Å². The lowest BCUT2D eigenvalue weighted by atomic mass is 10.2. The van der Waals surface area contributed by atoms with Crippen molar-refractivity contribution in [3.05, 3.63) is 24.3 Å². The number of ether oxygens (including phenoxy) is 1. The molecule has 2 N–H and O–H groups in total. The summed E-state index contributed by atoms with van der Waals surface area (Å²) in [5.74, 6) is 0.325. The van der Waals surface area contributed by atoms with Crippen molar-refractivity contribution in [2.45, 2.75) is 13.8 Å². The third-order valence-electron chi connectivity index (χ3n) is 2.11. The standard InChI is InChI=1S/C12H18N2O2/c1-9(2)8-16-12(15)14(3)11-7-5-4-6-10(11)13/h4-7,9H,8,13H2,1-3H3. The highest BCUT2D eigenvalue weighted by Crippen LogP contribution is 2.21. The first-order chi connectivity index (χ1) is 7.52. The number of benzene rings is 1. The van der Waals surface area contributed by atoms with E-state index in [4.69, 9.17) is 10.5 Å². The molecule has 0 aromatic heterocycles. The summed E-state index contributed by atoms with van der Waals surface area (Å²) in [7, 11) is 1.65. The molecule has 0 saturated carbocycles. The number of rotatable bonds is 3. The summed E-state index contributed by atoms with van der Waals surface area (Å²) < 4.78 is 5.11. The van der Waals surface area contributed by atoms with Crippen molar-refractivity contribution in [3.8, 4) is 0 Å². The van der Waals surface area contributed by atoms with Crippen molar-refractivity contribution in [1.29, 1.82) is 0 Å². The van der Waals surface area contributed by atoms with E-state index in [-0.39, 0.29) is 6.09 Å². The zero-order valence-corrected chi connectivity index (χ0v) is 9.93. The number of nitrogens with zero attached hydrogens (tertiary/aromatic N) is 1. The minimum absolute atomic E-state index is 0.325. The van der Waals surface area contributed by atoms with E-state index in [1.807, 2.05) is 26.0 Å². The molecule has 0 heterocycles. The van der Waals surface area contributed by atoms with Crippen molar-refractivity contribution < 1.29 is 9.53 Å². The van der Waals surface area contributed by atoms with Gasteiger partial charge in [-0.15, -0.1) is 0 Å². The fourth-order valence-electron chi connectivity index (χ4n) is 1.23. The van der Waals surface area contributed by atoms with E-state index in [9.17, 15) is 4.79 Å². The minimum atomic E-state index is -0.383. The summed E-state index contributed by atoms with van der Waals surface area (Å²) in [4.78, 5) is 13.1. The summed E-state index contributed by atoms with van der Waals surface area (Å²) in [6.45, 7) is 4.39. The first-order valence-corrected chi connectivity index (χ1v) is 5.27. The highest BCUT2D eigenvalue weighted by atomic mass is 16.6. The van der Waals surface area contributed by atoms with Gasteiger partial charge in [-0.25, -0.2) is 4.79 Å². The molecule has 0 fully saturated rings. The van der Waals surface area contributed by atoms with Gasteiger partial charge in [-0.05, 0) is 18.1 Å². The Kier molecular flexibility index (Phi) is 4.17. The maximum Gasteiger partial charge on any atom is 0.414 e. The molecule has 16 heavy (non-hydrogen) atoms. The van der Waals surface area contributed by atoms with Gasteiger partial charge >= 0.3 is 6.09 Å². The fraction of sp³-hybridized carbons (Fsp3) is 0.417. The summed E-state index contributed by atoms with van der Waals surface area (Å²) in [5.41, 5.74) is 6.99. The largest absolute Gasteiger partial charge is 0.449 e. The zero-order valence-electron chi connectivity index (χ0n) is 9.93. The number of hydrogen-bond acceptors (Lipinski definition) is 3. The molecule has 1 aromatic rings. The van der Waals surface area contributed by atoms with Crippen molar-refractivity contribution >= 4 is 17.5 Å². The van der Waals surface area contributed by atoms with Gasteiger partial charge in [0.05, 0.1) is 18.0 Å². The van der Waals surface area contributed by atoms with Crippen LogP contribution in [-0.4, -0.2) is 19.7 Å². The van der Waals surface area contributed by atoms with Crippen LogP contribution >= 0.6 is 0 Å². The first kappa shape index (κ1) is 12.4. The van der Waals surface area contributed by atoms with E-state index in [2.05, 4.69) is 0 Å². The lowest BCUT2D eigenvalue weighted by Crippen LogP contribution is -2.28. The maximum atomic E-state index is 11.6. The molecule has 1 aromatic carbocycles. The number of nitrogens with two attached hydrogens (primary N) is 1. The Balaban J connectivity index is 2.67. The predicted octanol–water partition coefficient (Wildman–Crippen LogP) is 2.50. The Morgan fingerprint density at radius 3 is 2.62 bits per heavy atom. The zero-order chi connectivity index (χ0) is 12.1. The van der Waals surface area contributed by atoms with Crippen LogP contribution in [0.5, 0.6) is 0 Å². The Morgan fingerprint density at radius 2 is 2.06 bits per heavy atom. The number of hydrogen-bond donors (Lipinski definition) is 1. The van der Waals surface area contributed by atoms with Crippen LogP contribution in [0.1, 0.15) is 13.8 Å². The summed E-state index contributed by atoms with van der Waals surface area (Å²) in [5, 5.41) is 0. The molecule has 1 amide bonds. The lowest BCUT2D eigenvalue weighted by Gasteiger charge is -2.19. The third-order valence-corrected chi connectivity index (χ3v) is 2.11. The van der Waals surface area contributed by atoms with Crippen LogP contribution in [0.3, 0.4) is 0 Å². The van der Waals surface area contributed by atoms with Gasteiger partial charge < -0.3 is 10.5 Å². The SMILES string of the molecule is CC(C)COC(=O)N(C)c1ccccc1N. The third kappa shape index (κ3) is 3.15. The van der Waals surface area contributed by atoms with E-state index in [0.29, 0.717) is 23.9 Å². The number of carbonyl (C=O) groups is 1. The van der Waals surface area contributed by atoms with Gasteiger partial charge in [0, 0.05) is 7.05 Å². The lowest BCUT2D eigenvalue weighted by molar-refractivity contribution is 0.141. The van der Waals surface area contributed by atoms with Crippen LogP contribution in [0.4, 0.5) is 16.2 Å². The molecule has 88 valence electrons. The number of amides is 1. The van der Waals surface area contributed by atoms with Gasteiger partial charge in [0.15, 0.2) is 0 Å². The molecule has 0 aliphatic carbocycles. The molecular formula is C12H18N2O2. The second kappa shape index (κ2) is 5.39. The molecule has 0 atom stereocenters. The predicted molar refractivity (Wildman–Crippen MR) is 65.4 cm³/mol. The Labute approximate surface area is 96.0 Å². The van der Waals surface area contributed by atoms with E-state index < -0.39 is 0 Å². The molecule has 4 nitrogen and oxygen atoms in total. The van der Waals surface area contributed by atoms with Crippen molar-refractivity contribution in [2.24, 2.45) is 5.92 Å². The van der Waals surface area contributed by atoms with Crippen molar-refractivity contribution in [3.63, 3.8) is 0 Å². The number of nitrogen functional groups attached to an aromatic ring is 1. The van der Waals surface area contributed by atoms with Gasteiger partial charge in [0.25, 0.3) is 0 Å². The highest BCUT2D eigenvalue weighted by molar-refractivity contribution is 5.90. The van der Waals surface area contributed by atoms with Crippen LogP contribution in [0.2, 0.25) is 0 Å². The van der Waals surface area contributed by atoms with E-state index in [0.717, 1.165) is 0 Å². The van der Waals surface area contributed by atoms with Gasteiger partial charge in [-0.1, -0.05) is 26.0 Å².